The summed E-state index contributed by atoms with van der Waals surface area (Å²) in [5.41, 5.74) is 0.308. The minimum atomic E-state index is -2.73. The van der Waals surface area contributed by atoms with Crippen molar-refractivity contribution in [2.24, 2.45) is 0 Å². The van der Waals surface area contributed by atoms with Gasteiger partial charge in [-0.1, -0.05) is 6.07 Å². The average molecular weight is 510 g/mol. The van der Waals surface area contributed by atoms with E-state index < -0.39 is 36.7 Å². The second-order valence-corrected chi connectivity index (χ2v) is 8.73. The second kappa shape index (κ2) is 9.41. The first kappa shape index (κ1) is 24.0. The number of aromatic nitrogens is 2. The summed E-state index contributed by atoms with van der Waals surface area (Å²) >= 11 is 0. The lowest BCUT2D eigenvalue weighted by atomic mass is 9.98. The first-order valence-corrected chi connectivity index (χ1v) is 11.4. The zero-order chi connectivity index (χ0) is 25.6. The molecule has 2 aromatic heterocycles. The molecule has 1 saturated heterocycles. The maximum Gasteiger partial charge on any atom is 0.270 e. The lowest BCUT2D eigenvalue weighted by Gasteiger charge is -2.45. The van der Waals surface area contributed by atoms with E-state index in [0.717, 1.165) is 0 Å². The smallest absolute Gasteiger partial charge is 0.270 e. The van der Waals surface area contributed by atoms with Crippen LogP contribution in [0.3, 0.4) is 0 Å². The van der Waals surface area contributed by atoms with Crippen LogP contribution in [0.5, 0.6) is 11.5 Å². The molecular formula is C24H26F4N4O4. The number of carbonyl (C=O) groups is 1. The molecule has 2 N–H and O–H groups in total. The summed E-state index contributed by atoms with van der Waals surface area (Å²) in [7, 11) is 0. The number of nitrogens with one attached hydrogen (secondary N) is 2. The van der Waals surface area contributed by atoms with Crippen molar-refractivity contribution in [3.8, 4) is 11.5 Å². The van der Waals surface area contributed by atoms with Gasteiger partial charge in [-0.15, -0.1) is 0 Å². The van der Waals surface area contributed by atoms with E-state index in [2.05, 4.69) is 9.97 Å². The van der Waals surface area contributed by atoms with Gasteiger partial charge < -0.3 is 19.8 Å². The maximum absolute atomic E-state index is 15.2. The van der Waals surface area contributed by atoms with E-state index >= 15 is 4.39 Å². The number of ether oxygens (including phenoxy) is 2. The molecule has 3 aromatic rings. The molecule has 1 amide bonds. The first-order chi connectivity index (χ1) is 17.2. The van der Waals surface area contributed by atoms with Crippen LogP contribution in [0.4, 0.5) is 17.6 Å². The van der Waals surface area contributed by atoms with Crippen LogP contribution >= 0.6 is 0 Å². The standard InChI is InChI=1S/C24H22F4N4O4.2H2/c1-11-17(36-16-5-4-15(30-22(16)28)24(34)29-8-18(25)26)10-32(11)9-12-2-3-13-20(19(12)27)31-23(33)14-6-7-35-21(13)14;;/h2-5,11,17-18H,6-10H2,1H3,(H,29,34)(H,31,33);2*1H/t11-,17+;;/m1../s1. The number of carbonyl (C=O) groups excluding carboxylic acids is 1. The summed E-state index contributed by atoms with van der Waals surface area (Å²) < 4.78 is 65.3. The zero-order valence-corrected chi connectivity index (χ0v) is 19.1. The van der Waals surface area contributed by atoms with E-state index in [9.17, 15) is 22.8 Å². The summed E-state index contributed by atoms with van der Waals surface area (Å²) in [5.74, 6) is -2.24. The fourth-order valence-corrected chi connectivity index (χ4v) is 4.42. The highest BCUT2D eigenvalue weighted by Gasteiger charge is 2.38. The number of amides is 1. The molecule has 0 aliphatic carbocycles. The monoisotopic (exact) mass is 510 g/mol. The van der Waals surface area contributed by atoms with E-state index in [1.165, 1.54) is 12.1 Å². The van der Waals surface area contributed by atoms with E-state index in [1.54, 1.807) is 12.1 Å². The Kier molecular flexibility index (Phi) is 6.29. The number of rotatable bonds is 7. The Labute approximate surface area is 205 Å². The molecule has 0 spiro atoms. The van der Waals surface area contributed by atoms with Crippen LogP contribution in [0.15, 0.2) is 29.1 Å². The van der Waals surface area contributed by atoms with Crippen molar-refractivity contribution < 1.29 is 34.7 Å². The average Bonchev–Trinajstić information content (AvgIpc) is 3.35. The summed E-state index contributed by atoms with van der Waals surface area (Å²) in [4.78, 5) is 32.1. The van der Waals surface area contributed by atoms with Crippen molar-refractivity contribution in [3.05, 3.63) is 63.2 Å². The Morgan fingerprint density at radius 3 is 2.86 bits per heavy atom. The third-order valence-electron chi connectivity index (χ3n) is 6.50. The van der Waals surface area contributed by atoms with Crippen molar-refractivity contribution in [2.75, 3.05) is 19.7 Å². The predicted molar refractivity (Wildman–Crippen MR) is 125 cm³/mol. The fourth-order valence-electron chi connectivity index (χ4n) is 4.42. The van der Waals surface area contributed by atoms with E-state index in [-0.39, 0.29) is 38.0 Å². The molecule has 2 aliphatic heterocycles. The number of aromatic amines is 1. The van der Waals surface area contributed by atoms with E-state index in [0.29, 0.717) is 41.8 Å². The molecule has 5 rings (SSSR count). The largest absolute Gasteiger partial charge is 0.492 e. The van der Waals surface area contributed by atoms with Gasteiger partial charge in [0.15, 0.2) is 11.6 Å². The molecule has 2 atom stereocenters. The predicted octanol–water partition coefficient (Wildman–Crippen LogP) is 3.27. The summed E-state index contributed by atoms with van der Waals surface area (Å²) in [6.07, 6.45) is -2.66. The van der Waals surface area contributed by atoms with Crippen LogP contribution in [0.1, 0.15) is 31.4 Å². The highest BCUT2D eigenvalue weighted by Crippen LogP contribution is 2.34. The Hall–Kier alpha value is -3.67. The highest BCUT2D eigenvalue weighted by atomic mass is 19.3. The van der Waals surface area contributed by atoms with Gasteiger partial charge in [-0.3, -0.25) is 14.5 Å². The van der Waals surface area contributed by atoms with Crippen molar-refractivity contribution in [3.63, 3.8) is 0 Å². The zero-order valence-electron chi connectivity index (χ0n) is 19.1. The number of likely N-dealkylation sites (tertiary alicyclic amines) is 1. The lowest BCUT2D eigenvalue weighted by molar-refractivity contribution is -0.0437. The van der Waals surface area contributed by atoms with Crippen molar-refractivity contribution >= 4 is 16.8 Å². The van der Waals surface area contributed by atoms with Crippen LogP contribution in [-0.2, 0) is 13.0 Å². The lowest BCUT2D eigenvalue weighted by Crippen LogP contribution is -2.60. The van der Waals surface area contributed by atoms with Gasteiger partial charge >= 0.3 is 0 Å². The fraction of sp³-hybridized carbons (Fsp3) is 0.375. The molecule has 0 bridgehead atoms. The number of H-pyrrole nitrogens is 1. The molecule has 4 heterocycles. The van der Waals surface area contributed by atoms with Crippen LogP contribution in [0.2, 0.25) is 0 Å². The molecular weight excluding hydrogens is 484 g/mol. The number of halogens is 4. The molecule has 1 aromatic carbocycles. The van der Waals surface area contributed by atoms with Crippen LogP contribution in [-0.4, -0.2) is 59.0 Å². The third-order valence-corrected chi connectivity index (χ3v) is 6.50. The van der Waals surface area contributed by atoms with E-state index in [4.69, 9.17) is 9.47 Å². The summed E-state index contributed by atoms with van der Waals surface area (Å²) in [6, 6.07) is 5.59. The molecule has 0 unspecified atom stereocenters. The van der Waals surface area contributed by atoms with Crippen molar-refractivity contribution in [2.45, 2.75) is 38.5 Å². The highest BCUT2D eigenvalue weighted by molar-refractivity contribution is 5.92. The Morgan fingerprint density at radius 1 is 1.33 bits per heavy atom. The Bertz CT molecular complexity index is 1410. The normalized spacial score (nSPS) is 19.2. The van der Waals surface area contributed by atoms with Crippen LogP contribution < -0.4 is 20.3 Å². The van der Waals surface area contributed by atoms with Gasteiger partial charge in [-0.2, -0.15) is 4.39 Å². The topological polar surface area (TPSA) is 96.5 Å². The molecule has 194 valence electrons. The maximum atomic E-state index is 15.2. The molecule has 8 nitrogen and oxygen atoms in total. The number of alkyl halides is 2. The number of nitrogens with zero attached hydrogens (tertiary/aromatic N) is 2. The van der Waals surface area contributed by atoms with Crippen LogP contribution in [0, 0.1) is 11.8 Å². The minimum Gasteiger partial charge on any atom is -0.492 e. The molecule has 0 saturated carbocycles. The number of benzene rings is 1. The third kappa shape index (κ3) is 4.36. The molecule has 12 heteroatoms. The van der Waals surface area contributed by atoms with Crippen molar-refractivity contribution in [1.82, 2.24) is 20.2 Å². The van der Waals surface area contributed by atoms with Gasteiger partial charge in [0.2, 0.25) is 0 Å². The van der Waals surface area contributed by atoms with Crippen molar-refractivity contribution in [1.29, 1.82) is 0 Å². The molecule has 1 fully saturated rings. The number of hydrogen-bond donors (Lipinski definition) is 2. The SMILES string of the molecule is C[C@@H]1[C@@H](Oc2ccc(C(=O)NCC(F)F)nc2F)CN1Cc1ccc2c3c(c(=O)[nH]c2c1F)CCO3.[HH].[HH]. The summed E-state index contributed by atoms with van der Waals surface area (Å²) in [6.45, 7) is 1.98. The van der Waals surface area contributed by atoms with Gasteiger partial charge in [0.05, 0.1) is 24.2 Å². The number of hydrogen-bond acceptors (Lipinski definition) is 6. The molecule has 2 aliphatic rings. The van der Waals surface area contributed by atoms with Gasteiger partial charge in [-0.05, 0) is 25.1 Å². The van der Waals surface area contributed by atoms with Gasteiger partial charge in [0.1, 0.15) is 17.5 Å². The quantitative estimate of drug-likeness (QED) is 0.374. The van der Waals surface area contributed by atoms with Gasteiger partial charge in [0, 0.05) is 39.4 Å². The minimum absolute atomic E-state index is 0. The van der Waals surface area contributed by atoms with Gasteiger partial charge in [-0.25, -0.2) is 18.2 Å². The van der Waals surface area contributed by atoms with Gasteiger partial charge in [0.25, 0.3) is 23.8 Å². The Balaban J connectivity index is 0.00000200. The number of pyridine rings is 2. The molecule has 36 heavy (non-hydrogen) atoms. The Morgan fingerprint density at radius 2 is 2.14 bits per heavy atom. The molecule has 0 radical (unpaired) electrons. The van der Waals surface area contributed by atoms with Crippen LogP contribution in [0.25, 0.3) is 10.9 Å². The van der Waals surface area contributed by atoms with E-state index in [1.807, 2.05) is 17.1 Å². The second-order valence-electron chi connectivity index (χ2n) is 8.73. The summed E-state index contributed by atoms with van der Waals surface area (Å²) in [5, 5.41) is 2.48. The first-order valence-electron chi connectivity index (χ1n) is 11.4. The number of fused-ring (bicyclic) bond motifs is 3.